The number of imide groups is 1. The molecule has 1 aliphatic heterocycles. The number of rotatable bonds is 4. The lowest BCUT2D eigenvalue weighted by molar-refractivity contribution is 0.0423. The Bertz CT molecular complexity index is 777. The molecule has 0 unspecified atom stereocenters. The van der Waals surface area contributed by atoms with Crippen molar-refractivity contribution >= 4 is 29.1 Å². The van der Waals surface area contributed by atoms with Crippen LogP contribution in [0.4, 0.5) is 0 Å². The second-order valence-corrected chi connectivity index (χ2v) is 6.29. The Balaban J connectivity index is 1.62. The van der Waals surface area contributed by atoms with Crippen molar-refractivity contribution in [2.24, 2.45) is 0 Å². The summed E-state index contributed by atoms with van der Waals surface area (Å²) >= 11 is 1.26. The van der Waals surface area contributed by atoms with Gasteiger partial charge < -0.3 is 4.74 Å². The molecule has 3 rings (SSSR count). The van der Waals surface area contributed by atoms with Crippen LogP contribution in [-0.4, -0.2) is 40.8 Å². The fourth-order valence-electron chi connectivity index (χ4n) is 2.46. The van der Waals surface area contributed by atoms with Crippen LogP contribution in [-0.2, 0) is 4.74 Å². The second-order valence-electron chi connectivity index (χ2n) is 5.09. The van der Waals surface area contributed by atoms with Gasteiger partial charge in [0.2, 0.25) is 0 Å². The van der Waals surface area contributed by atoms with Crippen molar-refractivity contribution < 1.29 is 19.1 Å². The highest BCUT2D eigenvalue weighted by molar-refractivity contribution is 7.13. The maximum absolute atomic E-state index is 12.2. The molecular weight excluding hydrogens is 316 g/mol. The first-order chi connectivity index (χ1) is 11.0. The highest BCUT2D eigenvalue weighted by Gasteiger charge is 2.34. The van der Waals surface area contributed by atoms with Crippen LogP contribution >= 0.6 is 11.3 Å². The Morgan fingerprint density at radius 3 is 2.30 bits per heavy atom. The van der Waals surface area contributed by atoms with Crippen molar-refractivity contribution in [3.05, 3.63) is 51.0 Å². The van der Waals surface area contributed by atoms with Crippen molar-refractivity contribution in [2.45, 2.75) is 13.8 Å². The Kier molecular flexibility index (Phi) is 3.96. The summed E-state index contributed by atoms with van der Waals surface area (Å²) in [5.41, 5.74) is 1.40. The summed E-state index contributed by atoms with van der Waals surface area (Å²) in [7, 11) is 0. The summed E-state index contributed by atoms with van der Waals surface area (Å²) in [5, 5.41) is 0.787. The van der Waals surface area contributed by atoms with Gasteiger partial charge >= 0.3 is 5.97 Å². The number of ether oxygens (including phenoxy) is 1. The molecule has 0 atom stereocenters. The van der Waals surface area contributed by atoms with E-state index in [0.29, 0.717) is 21.7 Å². The fraction of sp³-hybridized carbons (Fsp3) is 0.250. The Morgan fingerprint density at radius 2 is 1.78 bits per heavy atom. The molecule has 0 aliphatic carbocycles. The number of hydrogen-bond acceptors (Lipinski definition) is 6. The molecule has 7 heteroatoms. The van der Waals surface area contributed by atoms with E-state index in [2.05, 4.69) is 4.98 Å². The van der Waals surface area contributed by atoms with Gasteiger partial charge in [0.25, 0.3) is 11.8 Å². The summed E-state index contributed by atoms with van der Waals surface area (Å²) in [6.45, 7) is 3.55. The average Bonchev–Trinajstić information content (AvgIpc) is 2.99. The number of carbonyl (C=O) groups is 3. The van der Waals surface area contributed by atoms with Crippen LogP contribution in [0, 0.1) is 13.8 Å². The second kappa shape index (κ2) is 5.92. The molecule has 0 fully saturated rings. The van der Waals surface area contributed by atoms with Gasteiger partial charge in [0.1, 0.15) is 11.5 Å². The number of nitrogens with zero attached hydrogens (tertiary/aromatic N) is 2. The molecule has 0 bridgehead atoms. The number of carbonyl (C=O) groups excluding carboxylic acids is 3. The van der Waals surface area contributed by atoms with E-state index < -0.39 is 5.97 Å². The summed E-state index contributed by atoms with van der Waals surface area (Å²) in [6.07, 6.45) is 0. The van der Waals surface area contributed by atoms with Gasteiger partial charge in [0.15, 0.2) is 0 Å². The zero-order valence-corrected chi connectivity index (χ0v) is 13.5. The lowest BCUT2D eigenvalue weighted by atomic mass is 10.1. The van der Waals surface area contributed by atoms with Gasteiger partial charge in [0.05, 0.1) is 28.4 Å². The van der Waals surface area contributed by atoms with Crippen molar-refractivity contribution in [2.75, 3.05) is 13.2 Å². The van der Waals surface area contributed by atoms with E-state index in [1.807, 2.05) is 6.92 Å². The SMILES string of the molecule is Cc1nc(C)c(C(=O)OCCN2C(=O)c3ccccc3C2=O)s1. The molecule has 2 amide bonds. The Hall–Kier alpha value is -2.54. The van der Waals surface area contributed by atoms with E-state index in [9.17, 15) is 14.4 Å². The molecule has 2 heterocycles. The highest BCUT2D eigenvalue weighted by Crippen LogP contribution is 2.22. The van der Waals surface area contributed by atoms with Crippen LogP contribution in [0.2, 0.25) is 0 Å². The van der Waals surface area contributed by atoms with Crippen molar-refractivity contribution in [1.29, 1.82) is 0 Å². The Labute approximate surface area is 136 Å². The predicted octanol–water partition coefficient (Wildman–Crippen LogP) is 2.21. The van der Waals surface area contributed by atoms with E-state index in [4.69, 9.17) is 4.74 Å². The highest BCUT2D eigenvalue weighted by atomic mass is 32.1. The van der Waals surface area contributed by atoms with Crippen LogP contribution < -0.4 is 0 Å². The van der Waals surface area contributed by atoms with Crippen molar-refractivity contribution in [1.82, 2.24) is 9.88 Å². The molecule has 0 saturated carbocycles. The van der Waals surface area contributed by atoms with Gasteiger partial charge in [-0.05, 0) is 26.0 Å². The van der Waals surface area contributed by atoms with E-state index in [1.165, 1.54) is 11.3 Å². The molecule has 2 aromatic rings. The van der Waals surface area contributed by atoms with Gasteiger partial charge in [-0.15, -0.1) is 11.3 Å². The summed E-state index contributed by atoms with van der Waals surface area (Å²) < 4.78 is 5.17. The van der Waals surface area contributed by atoms with Gasteiger partial charge in [-0.3, -0.25) is 14.5 Å². The molecule has 0 radical (unpaired) electrons. The van der Waals surface area contributed by atoms with E-state index in [0.717, 1.165) is 9.91 Å². The standard InChI is InChI=1S/C16H14N2O4S/c1-9-13(23-10(2)17-9)16(21)22-8-7-18-14(19)11-5-3-4-6-12(11)15(18)20/h3-6H,7-8H2,1-2H3. The molecule has 1 aromatic heterocycles. The first kappa shape index (κ1) is 15.4. The van der Waals surface area contributed by atoms with E-state index in [1.54, 1.807) is 31.2 Å². The minimum absolute atomic E-state index is 0.0366. The Morgan fingerprint density at radius 1 is 1.17 bits per heavy atom. The van der Waals surface area contributed by atoms with Gasteiger partial charge in [-0.2, -0.15) is 0 Å². The van der Waals surface area contributed by atoms with Crippen molar-refractivity contribution in [3.63, 3.8) is 0 Å². The number of esters is 1. The van der Waals surface area contributed by atoms with Crippen LogP contribution in [0.5, 0.6) is 0 Å². The number of aromatic nitrogens is 1. The zero-order chi connectivity index (χ0) is 16.6. The largest absolute Gasteiger partial charge is 0.460 e. The fourth-order valence-corrected chi connectivity index (χ4v) is 3.27. The van der Waals surface area contributed by atoms with Crippen LogP contribution in [0.1, 0.15) is 41.1 Å². The monoisotopic (exact) mass is 330 g/mol. The molecule has 118 valence electrons. The number of benzene rings is 1. The van der Waals surface area contributed by atoms with Crippen LogP contribution in [0.15, 0.2) is 24.3 Å². The summed E-state index contributed by atoms with van der Waals surface area (Å²) in [4.78, 5) is 42.0. The van der Waals surface area contributed by atoms with Gasteiger partial charge in [-0.1, -0.05) is 12.1 Å². The molecule has 0 spiro atoms. The lowest BCUT2D eigenvalue weighted by Crippen LogP contribution is -2.33. The molecule has 1 aliphatic rings. The van der Waals surface area contributed by atoms with Gasteiger partial charge in [-0.25, -0.2) is 9.78 Å². The molecule has 6 nitrogen and oxygen atoms in total. The third-order valence-electron chi connectivity index (χ3n) is 3.52. The van der Waals surface area contributed by atoms with E-state index in [-0.39, 0.29) is 25.0 Å². The van der Waals surface area contributed by atoms with Crippen molar-refractivity contribution in [3.8, 4) is 0 Å². The molecule has 23 heavy (non-hydrogen) atoms. The minimum atomic E-state index is -0.482. The minimum Gasteiger partial charge on any atom is -0.460 e. The smallest absolute Gasteiger partial charge is 0.350 e. The number of amides is 2. The average molecular weight is 330 g/mol. The maximum atomic E-state index is 12.2. The lowest BCUT2D eigenvalue weighted by Gasteiger charge is -2.13. The zero-order valence-electron chi connectivity index (χ0n) is 12.7. The summed E-state index contributed by atoms with van der Waals surface area (Å²) in [6, 6.07) is 6.65. The van der Waals surface area contributed by atoms with Crippen LogP contribution in [0.25, 0.3) is 0 Å². The van der Waals surface area contributed by atoms with Crippen LogP contribution in [0.3, 0.4) is 0 Å². The normalized spacial score (nSPS) is 13.4. The molecular formula is C16H14N2O4S. The van der Waals surface area contributed by atoms with Gasteiger partial charge in [0, 0.05) is 0 Å². The topological polar surface area (TPSA) is 76.6 Å². The third kappa shape index (κ3) is 2.75. The number of aryl methyl sites for hydroxylation is 2. The number of fused-ring (bicyclic) bond motifs is 1. The maximum Gasteiger partial charge on any atom is 0.350 e. The molecule has 0 saturated heterocycles. The summed E-state index contributed by atoms with van der Waals surface area (Å²) in [5.74, 6) is -1.19. The molecule has 1 aromatic carbocycles. The third-order valence-corrected chi connectivity index (χ3v) is 4.57. The van der Waals surface area contributed by atoms with E-state index >= 15 is 0 Å². The molecule has 0 N–H and O–H groups in total. The quantitative estimate of drug-likeness (QED) is 0.634. The number of hydrogen-bond donors (Lipinski definition) is 0. The first-order valence-corrected chi connectivity index (χ1v) is 7.87. The number of thiazole rings is 1. The predicted molar refractivity (Wildman–Crippen MR) is 83.7 cm³/mol. The first-order valence-electron chi connectivity index (χ1n) is 7.05.